The van der Waals surface area contributed by atoms with E-state index in [1.54, 1.807) is 18.5 Å². The molecule has 1 aliphatic rings. The summed E-state index contributed by atoms with van der Waals surface area (Å²) in [5.41, 5.74) is 1.11. The van der Waals surface area contributed by atoms with E-state index in [0.717, 1.165) is 56.6 Å². The number of hydrogen-bond acceptors (Lipinski definition) is 4. The molecule has 0 aliphatic carbocycles. The molecule has 2 aromatic rings. The molecule has 0 radical (unpaired) electrons. The molecule has 1 fully saturated rings. The molecule has 1 saturated heterocycles. The van der Waals surface area contributed by atoms with Crippen molar-refractivity contribution in [2.45, 2.75) is 6.42 Å². The Bertz CT molecular complexity index is 731. The van der Waals surface area contributed by atoms with Crippen LogP contribution in [-0.4, -0.2) is 60.6 Å². The van der Waals surface area contributed by atoms with E-state index in [2.05, 4.69) is 30.1 Å². The highest BCUT2D eigenvalue weighted by molar-refractivity contribution is 14.0. The van der Waals surface area contributed by atoms with E-state index in [9.17, 15) is 0 Å². The molecular formula is C18H23Cl2IN6. The highest BCUT2D eigenvalue weighted by atomic mass is 127. The molecule has 9 heteroatoms. The second-order valence-corrected chi connectivity index (χ2v) is 6.90. The molecule has 146 valence electrons. The van der Waals surface area contributed by atoms with Crippen molar-refractivity contribution in [2.75, 3.05) is 44.7 Å². The fraction of sp³-hybridized carbons (Fsp3) is 0.389. The summed E-state index contributed by atoms with van der Waals surface area (Å²) in [6.07, 6.45) is 4.38. The van der Waals surface area contributed by atoms with Crippen LogP contribution in [0, 0.1) is 0 Å². The van der Waals surface area contributed by atoms with Gasteiger partial charge >= 0.3 is 0 Å². The number of benzene rings is 1. The first-order valence-electron chi connectivity index (χ1n) is 8.58. The van der Waals surface area contributed by atoms with Gasteiger partial charge in [-0.15, -0.1) is 24.0 Å². The molecule has 0 atom stereocenters. The number of piperazine rings is 1. The molecule has 27 heavy (non-hydrogen) atoms. The maximum Gasteiger partial charge on any atom is 0.225 e. The van der Waals surface area contributed by atoms with Crippen molar-refractivity contribution in [2.24, 2.45) is 4.99 Å². The van der Waals surface area contributed by atoms with Crippen LogP contribution >= 0.6 is 47.2 Å². The van der Waals surface area contributed by atoms with Crippen LogP contribution < -0.4 is 10.2 Å². The second kappa shape index (κ2) is 10.9. The van der Waals surface area contributed by atoms with Gasteiger partial charge in [-0.25, -0.2) is 9.97 Å². The molecule has 1 aromatic carbocycles. The number of hydrogen-bond donors (Lipinski definition) is 1. The lowest BCUT2D eigenvalue weighted by molar-refractivity contribution is 0.370. The largest absolute Gasteiger partial charge is 0.356 e. The number of nitrogens with zero attached hydrogens (tertiary/aromatic N) is 5. The van der Waals surface area contributed by atoms with Crippen molar-refractivity contribution < 1.29 is 0 Å². The van der Waals surface area contributed by atoms with Crippen LogP contribution in [0.1, 0.15) is 5.56 Å². The van der Waals surface area contributed by atoms with Gasteiger partial charge in [0.15, 0.2) is 5.96 Å². The Balaban J connectivity index is 0.00000261. The first-order valence-corrected chi connectivity index (χ1v) is 9.34. The van der Waals surface area contributed by atoms with Crippen molar-refractivity contribution in [3.05, 3.63) is 52.3 Å². The molecule has 1 N–H and O–H groups in total. The SMILES string of the molecule is CN=C(NCCc1cc(Cl)cc(Cl)c1)N1CCN(c2ncccn2)CC1.I. The molecule has 0 bridgehead atoms. The maximum atomic E-state index is 6.05. The number of aromatic nitrogens is 2. The van der Waals surface area contributed by atoms with Gasteiger partial charge in [0.2, 0.25) is 5.95 Å². The third kappa shape index (κ3) is 6.36. The zero-order valence-electron chi connectivity index (χ0n) is 15.1. The lowest BCUT2D eigenvalue weighted by atomic mass is 10.1. The predicted molar refractivity (Wildman–Crippen MR) is 123 cm³/mol. The minimum Gasteiger partial charge on any atom is -0.356 e. The Morgan fingerprint density at radius 3 is 2.30 bits per heavy atom. The molecule has 6 nitrogen and oxygen atoms in total. The third-order valence-corrected chi connectivity index (χ3v) is 4.68. The molecule has 1 aliphatic heterocycles. The number of guanidine groups is 1. The Morgan fingerprint density at radius 1 is 1.07 bits per heavy atom. The zero-order valence-corrected chi connectivity index (χ0v) is 18.9. The number of nitrogens with one attached hydrogen (secondary N) is 1. The average molecular weight is 521 g/mol. The van der Waals surface area contributed by atoms with Gasteiger partial charge in [0.1, 0.15) is 0 Å². The Kier molecular flexibility index (Phi) is 8.85. The standard InChI is InChI=1S/C18H22Cl2N6.HI/c1-21-17(24-6-3-14-11-15(19)13-16(20)12-14)25-7-9-26(10-8-25)18-22-4-2-5-23-18;/h2,4-5,11-13H,3,6-10H2,1H3,(H,21,24);1H. The molecule has 0 unspecified atom stereocenters. The van der Waals surface area contributed by atoms with E-state index in [-0.39, 0.29) is 24.0 Å². The summed E-state index contributed by atoms with van der Waals surface area (Å²) in [6.45, 7) is 4.26. The van der Waals surface area contributed by atoms with Gasteiger partial charge in [0, 0.05) is 62.2 Å². The van der Waals surface area contributed by atoms with E-state index >= 15 is 0 Å². The number of rotatable bonds is 4. The van der Waals surface area contributed by atoms with Crippen LogP contribution in [0.2, 0.25) is 10.0 Å². The lowest BCUT2D eigenvalue weighted by Gasteiger charge is -2.36. The quantitative estimate of drug-likeness (QED) is 0.380. The van der Waals surface area contributed by atoms with Crippen molar-refractivity contribution >= 4 is 59.1 Å². The molecule has 0 saturated carbocycles. The monoisotopic (exact) mass is 520 g/mol. The van der Waals surface area contributed by atoms with E-state index in [4.69, 9.17) is 23.2 Å². The smallest absolute Gasteiger partial charge is 0.225 e. The fourth-order valence-corrected chi connectivity index (χ4v) is 3.55. The van der Waals surface area contributed by atoms with Crippen LogP contribution in [0.15, 0.2) is 41.7 Å². The molecule has 1 aromatic heterocycles. The van der Waals surface area contributed by atoms with Gasteiger partial charge in [-0.1, -0.05) is 23.2 Å². The summed E-state index contributed by atoms with van der Waals surface area (Å²) in [6, 6.07) is 7.46. The highest BCUT2D eigenvalue weighted by Gasteiger charge is 2.20. The average Bonchev–Trinajstić information content (AvgIpc) is 2.65. The summed E-state index contributed by atoms with van der Waals surface area (Å²) >= 11 is 12.1. The van der Waals surface area contributed by atoms with Crippen molar-refractivity contribution in [1.82, 2.24) is 20.2 Å². The Morgan fingerprint density at radius 2 is 1.70 bits per heavy atom. The van der Waals surface area contributed by atoms with Crippen LogP contribution in [-0.2, 0) is 6.42 Å². The third-order valence-electron chi connectivity index (χ3n) is 4.25. The topological polar surface area (TPSA) is 56.7 Å². The summed E-state index contributed by atoms with van der Waals surface area (Å²) in [4.78, 5) is 17.5. The Hall–Kier alpha value is -1.32. The number of aliphatic imine (C=N–C) groups is 1. The van der Waals surface area contributed by atoms with Gasteiger partial charge < -0.3 is 15.1 Å². The second-order valence-electron chi connectivity index (χ2n) is 6.02. The summed E-state index contributed by atoms with van der Waals surface area (Å²) < 4.78 is 0. The number of halogens is 3. The van der Waals surface area contributed by atoms with Crippen LogP contribution in [0.4, 0.5) is 5.95 Å². The molecule has 0 amide bonds. The fourth-order valence-electron chi connectivity index (χ4n) is 2.98. The minimum absolute atomic E-state index is 0. The normalized spacial score (nSPS) is 14.7. The molecule has 3 rings (SSSR count). The summed E-state index contributed by atoms with van der Waals surface area (Å²) in [7, 11) is 1.81. The van der Waals surface area contributed by atoms with Crippen molar-refractivity contribution in [3.63, 3.8) is 0 Å². The predicted octanol–water partition coefficient (Wildman–Crippen LogP) is 3.34. The van der Waals surface area contributed by atoms with E-state index < -0.39 is 0 Å². The Labute approximate surface area is 187 Å². The van der Waals surface area contributed by atoms with Crippen molar-refractivity contribution in [1.29, 1.82) is 0 Å². The number of anilines is 1. The van der Waals surface area contributed by atoms with Gasteiger partial charge in [-0.3, -0.25) is 4.99 Å². The van der Waals surface area contributed by atoms with Gasteiger partial charge in [0.25, 0.3) is 0 Å². The van der Waals surface area contributed by atoms with Gasteiger partial charge in [-0.05, 0) is 36.2 Å². The molecule has 2 heterocycles. The minimum atomic E-state index is 0. The van der Waals surface area contributed by atoms with Gasteiger partial charge in [0.05, 0.1) is 0 Å². The maximum absolute atomic E-state index is 6.05. The first-order chi connectivity index (χ1) is 12.7. The summed E-state index contributed by atoms with van der Waals surface area (Å²) in [5.74, 6) is 1.69. The van der Waals surface area contributed by atoms with Crippen LogP contribution in [0.3, 0.4) is 0 Å². The molecule has 0 spiro atoms. The van der Waals surface area contributed by atoms with E-state index in [0.29, 0.717) is 10.0 Å². The van der Waals surface area contributed by atoms with Crippen LogP contribution in [0.25, 0.3) is 0 Å². The zero-order chi connectivity index (χ0) is 18.4. The summed E-state index contributed by atoms with van der Waals surface area (Å²) in [5, 5.41) is 4.75. The lowest BCUT2D eigenvalue weighted by Crippen LogP contribution is -2.53. The van der Waals surface area contributed by atoms with Crippen LogP contribution in [0.5, 0.6) is 0 Å². The van der Waals surface area contributed by atoms with E-state index in [1.807, 2.05) is 25.2 Å². The van der Waals surface area contributed by atoms with Crippen molar-refractivity contribution in [3.8, 4) is 0 Å². The first kappa shape index (κ1) is 22.0. The van der Waals surface area contributed by atoms with E-state index in [1.165, 1.54) is 0 Å². The van der Waals surface area contributed by atoms with Gasteiger partial charge in [-0.2, -0.15) is 0 Å². The molecular weight excluding hydrogens is 498 g/mol. The highest BCUT2D eigenvalue weighted by Crippen LogP contribution is 2.19.